The third kappa shape index (κ3) is 5.15. The van der Waals surface area contributed by atoms with Gasteiger partial charge in [-0.2, -0.15) is 0 Å². The maximum Gasteiger partial charge on any atom is 0.333 e. The maximum atomic E-state index is 12.2. The molecule has 6 nitrogen and oxygen atoms in total. The second-order valence-electron chi connectivity index (χ2n) is 5.83. The average molecular weight is 439 g/mol. The van der Waals surface area contributed by atoms with E-state index >= 15 is 0 Å². The summed E-state index contributed by atoms with van der Waals surface area (Å²) >= 11 is 4.65. The standard InChI is InChI=1S/C18H19BrN2O4S/c1-18(17(24)25,12-5-2-6-13(19)11-12)21-15(22)8-3-9-20-16(23)14-7-4-10-26-14/h2,4-7,10-11H,3,8-9H2,1H3,(H,20,23)(H,21,22)(H,24,25)/t18-/m0/s1. The van der Waals surface area contributed by atoms with Crippen LogP contribution in [0.15, 0.2) is 46.3 Å². The average Bonchev–Trinajstić information content (AvgIpc) is 3.13. The SMILES string of the molecule is C[C@@](NC(=O)CCCNC(=O)c1cccs1)(C(=O)O)c1cccc(Br)c1. The van der Waals surface area contributed by atoms with Crippen molar-refractivity contribution < 1.29 is 19.5 Å². The van der Waals surface area contributed by atoms with Crippen LogP contribution in [0.1, 0.15) is 35.0 Å². The minimum absolute atomic E-state index is 0.113. The molecule has 2 rings (SSSR count). The van der Waals surface area contributed by atoms with Crippen molar-refractivity contribution in [3.8, 4) is 0 Å². The summed E-state index contributed by atoms with van der Waals surface area (Å²) in [5, 5.41) is 16.7. The number of carbonyl (C=O) groups is 3. The summed E-state index contributed by atoms with van der Waals surface area (Å²) in [5.41, 5.74) is -1.06. The molecule has 0 aliphatic heterocycles. The minimum atomic E-state index is -1.53. The third-order valence-corrected chi connectivity index (χ3v) is 5.19. The number of carboxylic acid groups (broad SMARTS) is 1. The van der Waals surface area contributed by atoms with Gasteiger partial charge in [0.15, 0.2) is 5.54 Å². The molecule has 1 aromatic carbocycles. The molecule has 3 N–H and O–H groups in total. The van der Waals surface area contributed by atoms with E-state index in [1.165, 1.54) is 18.3 Å². The lowest BCUT2D eigenvalue weighted by atomic mass is 9.92. The van der Waals surface area contributed by atoms with E-state index < -0.39 is 11.5 Å². The van der Waals surface area contributed by atoms with Gasteiger partial charge in [0.1, 0.15) is 0 Å². The van der Waals surface area contributed by atoms with E-state index in [1.807, 2.05) is 5.38 Å². The van der Waals surface area contributed by atoms with E-state index in [0.29, 0.717) is 23.4 Å². The number of hydrogen-bond acceptors (Lipinski definition) is 4. The Morgan fingerprint density at radius 2 is 2.00 bits per heavy atom. The fourth-order valence-electron chi connectivity index (χ4n) is 2.34. The fraction of sp³-hybridized carbons (Fsp3) is 0.278. The van der Waals surface area contributed by atoms with E-state index in [1.54, 1.807) is 36.4 Å². The van der Waals surface area contributed by atoms with Crippen molar-refractivity contribution in [1.29, 1.82) is 0 Å². The first-order valence-corrected chi connectivity index (χ1v) is 9.62. The molecule has 0 aliphatic rings. The topological polar surface area (TPSA) is 95.5 Å². The number of aliphatic carboxylic acids is 1. The molecule has 138 valence electrons. The Hall–Kier alpha value is -2.19. The molecule has 2 aromatic rings. The minimum Gasteiger partial charge on any atom is -0.479 e. The zero-order valence-electron chi connectivity index (χ0n) is 14.1. The van der Waals surface area contributed by atoms with Crippen molar-refractivity contribution in [2.24, 2.45) is 0 Å². The summed E-state index contributed by atoms with van der Waals surface area (Å²) < 4.78 is 0.730. The molecular weight excluding hydrogens is 420 g/mol. The second-order valence-corrected chi connectivity index (χ2v) is 7.69. The van der Waals surface area contributed by atoms with Crippen molar-refractivity contribution in [1.82, 2.24) is 10.6 Å². The Kier molecular flexibility index (Phi) is 6.93. The summed E-state index contributed by atoms with van der Waals surface area (Å²) in [6, 6.07) is 10.3. The molecule has 0 saturated carbocycles. The number of thiophene rings is 1. The van der Waals surface area contributed by atoms with Gasteiger partial charge in [-0.05, 0) is 42.5 Å². The highest BCUT2D eigenvalue weighted by Crippen LogP contribution is 2.24. The van der Waals surface area contributed by atoms with E-state index in [-0.39, 0.29) is 18.2 Å². The van der Waals surface area contributed by atoms with Gasteiger partial charge in [-0.3, -0.25) is 9.59 Å². The Morgan fingerprint density at radius 3 is 2.62 bits per heavy atom. The molecule has 2 amide bonds. The fourth-order valence-corrected chi connectivity index (χ4v) is 3.37. The molecule has 1 heterocycles. The van der Waals surface area contributed by atoms with Crippen molar-refractivity contribution in [2.75, 3.05) is 6.54 Å². The molecule has 0 unspecified atom stereocenters. The molecule has 0 bridgehead atoms. The van der Waals surface area contributed by atoms with Crippen LogP contribution in [-0.4, -0.2) is 29.4 Å². The smallest absolute Gasteiger partial charge is 0.333 e. The number of amides is 2. The van der Waals surface area contributed by atoms with Crippen LogP contribution >= 0.6 is 27.3 Å². The summed E-state index contributed by atoms with van der Waals surface area (Å²) in [6.07, 6.45) is 0.527. The lowest BCUT2D eigenvalue weighted by Gasteiger charge is -2.27. The number of nitrogens with one attached hydrogen (secondary N) is 2. The van der Waals surface area contributed by atoms with Crippen LogP contribution in [0, 0.1) is 0 Å². The van der Waals surface area contributed by atoms with Gasteiger partial charge in [0.05, 0.1) is 4.88 Å². The molecule has 0 radical (unpaired) electrons. The van der Waals surface area contributed by atoms with Crippen molar-refractivity contribution >= 4 is 45.1 Å². The first kappa shape index (κ1) is 20.1. The van der Waals surface area contributed by atoms with Gasteiger partial charge in [0, 0.05) is 17.4 Å². The third-order valence-electron chi connectivity index (χ3n) is 3.83. The predicted octanol–water partition coefficient (Wildman–Crippen LogP) is 3.14. The normalized spacial score (nSPS) is 12.8. The quantitative estimate of drug-likeness (QED) is 0.551. The zero-order valence-corrected chi connectivity index (χ0v) is 16.5. The number of halogens is 1. The zero-order chi connectivity index (χ0) is 19.2. The second kappa shape index (κ2) is 8.95. The van der Waals surface area contributed by atoms with Crippen LogP contribution in [0.2, 0.25) is 0 Å². The molecule has 0 aliphatic carbocycles. The largest absolute Gasteiger partial charge is 0.479 e. The molecular formula is C18H19BrN2O4S. The van der Waals surface area contributed by atoms with E-state index in [0.717, 1.165) is 4.47 Å². The van der Waals surface area contributed by atoms with Gasteiger partial charge in [-0.1, -0.05) is 34.1 Å². The molecule has 1 aromatic heterocycles. The van der Waals surface area contributed by atoms with Gasteiger partial charge >= 0.3 is 5.97 Å². The number of rotatable bonds is 8. The van der Waals surface area contributed by atoms with Gasteiger partial charge in [0.2, 0.25) is 5.91 Å². The number of carboxylic acids is 1. The highest BCUT2D eigenvalue weighted by molar-refractivity contribution is 9.10. The molecule has 0 fully saturated rings. The Labute approximate surface area is 163 Å². The van der Waals surface area contributed by atoms with Crippen LogP contribution in [0.5, 0.6) is 0 Å². The van der Waals surface area contributed by atoms with Crippen LogP contribution in [0.25, 0.3) is 0 Å². The van der Waals surface area contributed by atoms with Crippen LogP contribution < -0.4 is 10.6 Å². The summed E-state index contributed by atoms with van der Waals surface area (Å²) in [4.78, 5) is 36.3. The summed E-state index contributed by atoms with van der Waals surface area (Å²) in [5.74, 6) is -1.71. The Bertz CT molecular complexity index is 794. The van der Waals surface area contributed by atoms with Crippen LogP contribution in [-0.2, 0) is 15.1 Å². The maximum absolute atomic E-state index is 12.2. The molecule has 0 spiro atoms. The first-order chi connectivity index (χ1) is 12.3. The van der Waals surface area contributed by atoms with E-state index in [9.17, 15) is 19.5 Å². The van der Waals surface area contributed by atoms with Crippen LogP contribution in [0.4, 0.5) is 0 Å². The summed E-state index contributed by atoms with van der Waals surface area (Å²) in [6.45, 7) is 1.79. The Morgan fingerprint density at radius 1 is 1.23 bits per heavy atom. The molecule has 1 atom stereocenters. The molecule has 26 heavy (non-hydrogen) atoms. The van der Waals surface area contributed by atoms with Crippen molar-refractivity contribution in [3.63, 3.8) is 0 Å². The van der Waals surface area contributed by atoms with E-state index in [2.05, 4.69) is 26.6 Å². The lowest BCUT2D eigenvalue weighted by molar-refractivity contribution is -0.147. The van der Waals surface area contributed by atoms with E-state index in [4.69, 9.17) is 0 Å². The monoisotopic (exact) mass is 438 g/mol. The number of hydrogen-bond donors (Lipinski definition) is 3. The van der Waals surface area contributed by atoms with Gasteiger partial charge in [-0.25, -0.2) is 4.79 Å². The summed E-state index contributed by atoms with van der Waals surface area (Å²) in [7, 11) is 0. The van der Waals surface area contributed by atoms with Crippen molar-refractivity contribution in [2.45, 2.75) is 25.3 Å². The van der Waals surface area contributed by atoms with Gasteiger partial charge < -0.3 is 15.7 Å². The lowest BCUT2D eigenvalue weighted by Crippen LogP contribution is -2.49. The van der Waals surface area contributed by atoms with Crippen LogP contribution in [0.3, 0.4) is 0 Å². The molecule has 8 heteroatoms. The number of benzene rings is 1. The van der Waals surface area contributed by atoms with Gasteiger partial charge in [-0.15, -0.1) is 11.3 Å². The molecule has 0 saturated heterocycles. The van der Waals surface area contributed by atoms with Gasteiger partial charge in [0.25, 0.3) is 5.91 Å². The highest BCUT2D eigenvalue weighted by Gasteiger charge is 2.36. The first-order valence-electron chi connectivity index (χ1n) is 7.95. The van der Waals surface area contributed by atoms with Crippen molar-refractivity contribution in [3.05, 3.63) is 56.7 Å². The number of carbonyl (C=O) groups excluding carboxylic acids is 2. The Balaban J connectivity index is 1.88. The highest BCUT2D eigenvalue weighted by atomic mass is 79.9. The predicted molar refractivity (Wildman–Crippen MR) is 103 cm³/mol.